The fourth-order valence-corrected chi connectivity index (χ4v) is 4.35. The van der Waals surface area contributed by atoms with E-state index in [9.17, 15) is 8.42 Å². The molecule has 140 valence electrons. The minimum atomic E-state index is -3.21. The zero-order valence-electron chi connectivity index (χ0n) is 16.4. The standard InChI is InChI=1S/C20H32O3SSi/c1-17-12-14-19(15-13-17)24(21,22)16-10-8-9-11-18(2)23-25(6,7)20(3,4)5/h9,11-15H,2,8,10,16H2,1,3-7H3/b11-9+. The molecule has 5 heteroatoms. The molecule has 0 saturated heterocycles. The van der Waals surface area contributed by atoms with Gasteiger partial charge in [-0.2, -0.15) is 0 Å². The summed E-state index contributed by atoms with van der Waals surface area (Å²) < 4.78 is 30.6. The maximum absolute atomic E-state index is 12.3. The summed E-state index contributed by atoms with van der Waals surface area (Å²) in [6.07, 6.45) is 5.07. The number of hydrogen-bond donors (Lipinski definition) is 0. The predicted molar refractivity (Wildman–Crippen MR) is 109 cm³/mol. The molecular weight excluding hydrogens is 348 g/mol. The Bertz CT molecular complexity index is 708. The summed E-state index contributed by atoms with van der Waals surface area (Å²) in [5.41, 5.74) is 1.06. The molecule has 0 atom stereocenters. The van der Waals surface area contributed by atoms with Gasteiger partial charge in [-0.05, 0) is 56.1 Å². The van der Waals surface area contributed by atoms with E-state index in [1.807, 2.05) is 31.2 Å². The molecule has 0 bridgehead atoms. The first kappa shape index (κ1) is 21.7. The fraction of sp³-hybridized carbons (Fsp3) is 0.500. The Balaban J connectivity index is 2.48. The number of hydrogen-bond acceptors (Lipinski definition) is 3. The lowest BCUT2D eigenvalue weighted by molar-refractivity contribution is 0.402. The van der Waals surface area contributed by atoms with Crippen molar-refractivity contribution >= 4 is 18.2 Å². The molecule has 0 unspecified atom stereocenters. The Labute approximate surface area is 154 Å². The van der Waals surface area contributed by atoms with Crippen LogP contribution in [0.2, 0.25) is 18.1 Å². The second-order valence-electron chi connectivity index (χ2n) is 8.01. The van der Waals surface area contributed by atoms with Gasteiger partial charge in [0.1, 0.15) is 0 Å². The van der Waals surface area contributed by atoms with Gasteiger partial charge in [0.25, 0.3) is 0 Å². The predicted octanol–water partition coefficient (Wildman–Crippen LogP) is 5.64. The zero-order chi connectivity index (χ0) is 19.3. The summed E-state index contributed by atoms with van der Waals surface area (Å²) in [6, 6.07) is 7.01. The summed E-state index contributed by atoms with van der Waals surface area (Å²) in [4.78, 5) is 0.396. The van der Waals surface area contributed by atoms with E-state index in [2.05, 4.69) is 40.4 Å². The van der Waals surface area contributed by atoms with Crippen LogP contribution in [0.1, 0.15) is 39.2 Å². The highest BCUT2D eigenvalue weighted by atomic mass is 32.2. The van der Waals surface area contributed by atoms with Crippen LogP contribution in [0, 0.1) is 6.92 Å². The van der Waals surface area contributed by atoms with Crippen molar-refractivity contribution in [3.63, 3.8) is 0 Å². The summed E-state index contributed by atoms with van der Waals surface area (Å²) in [5, 5.41) is 0.131. The van der Waals surface area contributed by atoms with Gasteiger partial charge in [-0.1, -0.05) is 51.1 Å². The van der Waals surface area contributed by atoms with Gasteiger partial charge >= 0.3 is 0 Å². The van der Waals surface area contributed by atoms with E-state index in [1.54, 1.807) is 12.1 Å². The van der Waals surface area contributed by atoms with Crippen LogP contribution in [0.25, 0.3) is 0 Å². The summed E-state index contributed by atoms with van der Waals surface area (Å²) in [6.45, 7) is 16.8. The molecule has 0 aliphatic carbocycles. The molecule has 0 N–H and O–H groups in total. The third kappa shape index (κ3) is 6.82. The first-order valence-corrected chi connectivity index (χ1v) is 13.3. The summed E-state index contributed by atoms with van der Waals surface area (Å²) >= 11 is 0. The highest BCUT2D eigenvalue weighted by Crippen LogP contribution is 2.37. The topological polar surface area (TPSA) is 43.4 Å². The van der Waals surface area contributed by atoms with Crippen LogP contribution in [0.5, 0.6) is 0 Å². The molecule has 1 aromatic rings. The Morgan fingerprint density at radius 2 is 1.76 bits per heavy atom. The van der Waals surface area contributed by atoms with Gasteiger partial charge in [0.2, 0.25) is 8.32 Å². The molecule has 0 aliphatic heterocycles. The van der Waals surface area contributed by atoms with Gasteiger partial charge in [-0.3, -0.25) is 0 Å². The van der Waals surface area contributed by atoms with Gasteiger partial charge in [-0.15, -0.1) is 0 Å². The highest BCUT2D eigenvalue weighted by molar-refractivity contribution is 7.91. The quantitative estimate of drug-likeness (QED) is 0.254. The molecule has 0 radical (unpaired) electrons. The van der Waals surface area contributed by atoms with Crippen molar-refractivity contribution in [3.8, 4) is 0 Å². The number of rotatable bonds is 8. The highest BCUT2D eigenvalue weighted by Gasteiger charge is 2.38. The van der Waals surface area contributed by atoms with E-state index >= 15 is 0 Å². The lowest BCUT2D eigenvalue weighted by Gasteiger charge is -2.36. The van der Waals surface area contributed by atoms with Crippen molar-refractivity contribution in [2.75, 3.05) is 5.75 Å². The van der Waals surface area contributed by atoms with Crippen LogP contribution in [-0.2, 0) is 14.3 Å². The van der Waals surface area contributed by atoms with Gasteiger partial charge in [0, 0.05) is 0 Å². The molecule has 25 heavy (non-hydrogen) atoms. The Kier molecular flexibility index (Phi) is 7.26. The van der Waals surface area contributed by atoms with E-state index in [1.165, 1.54) is 0 Å². The third-order valence-corrected chi connectivity index (χ3v) is 10.9. The molecule has 3 nitrogen and oxygen atoms in total. The van der Waals surface area contributed by atoms with Crippen molar-refractivity contribution < 1.29 is 12.8 Å². The SMILES string of the molecule is C=C(/C=C/CCCS(=O)(=O)c1ccc(C)cc1)O[Si](C)(C)C(C)(C)C. The van der Waals surface area contributed by atoms with Crippen LogP contribution in [0.3, 0.4) is 0 Å². The van der Waals surface area contributed by atoms with Crippen LogP contribution >= 0.6 is 0 Å². The number of sulfone groups is 1. The van der Waals surface area contributed by atoms with Crippen molar-refractivity contribution in [3.05, 3.63) is 54.3 Å². The molecule has 0 amide bonds. The van der Waals surface area contributed by atoms with Crippen molar-refractivity contribution in [2.45, 2.75) is 63.6 Å². The molecule has 1 rings (SSSR count). The smallest absolute Gasteiger partial charge is 0.250 e. The molecule has 0 spiro atoms. The van der Waals surface area contributed by atoms with Gasteiger partial charge in [0.05, 0.1) is 16.4 Å². The Morgan fingerprint density at radius 1 is 1.20 bits per heavy atom. The molecule has 0 aromatic heterocycles. The first-order chi connectivity index (χ1) is 11.3. The molecule has 0 aliphatic rings. The molecule has 0 heterocycles. The normalized spacial score (nSPS) is 13.2. The second kappa shape index (κ2) is 8.36. The summed E-state index contributed by atoms with van der Waals surface area (Å²) in [5.74, 6) is 0.809. The molecule has 0 fully saturated rings. The van der Waals surface area contributed by atoms with Crippen LogP contribution in [0.4, 0.5) is 0 Å². The van der Waals surface area contributed by atoms with Crippen molar-refractivity contribution in [1.82, 2.24) is 0 Å². The zero-order valence-corrected chi connectivity index (χ0v) is 18.2. The summed E-state index contributed by atoms with van der Waals surface area (Å²) in [7, 11) is -5.07. The third-order valence-electron chi connectivity index (χ3n) is 4.66. The Morgan fingerprint density at radius 3 is 2.28 bits per heavy atom. The van der Waals surface area contributed by atoms with E-state index in [4.69, 9.17) is 4.43 Å². The van der Waals surface area contributed by atoms with Gasteiger partial charge < -0.3 is 4.43 Å². The van der Waals surface area contributed by atoms with E-state index < -0.39 is 18.2 Å². The maximum atomic E-state index is 12.3. The average Bonchev–Trinajstić information content (AvgIpc) is 2.45. The largest absolute Gasteiger partial charge is 0.544 e. The van der Waals surface area contributed by atoms with Gasteiger partial charge in [0.15, 0.2) is 9.84 Å². The van der Waals surface area contributed by atoms with E-state index in [-0.39, 0.29) is 10.8 Å². The van der Waals surface area contributed by atoms with E-state index in [0.29, 0.717) is 23.5 Å². The second-order valence-corrected chi connectivity index (χ2v) is 14.8. The van der Waals surface area contributed by atoms with E-state index in [0.717, 1.165) is 5.56 Å². The number of unbranched alkanes of at least 4 members (excludes halogenated alkanes) is 1. The lowest BCUT2D eigenvalue weighted by Crippen LogP contribution is -2.40. The minimum Gasteiger partial charge on any atom is -0.544 e. The van der Waals surface area contributed by atoms with Crippen LogP contribution < -0.4 is 0 Å². The van der Waals surface area contributed by atoms with Crippen molar-refractivity contribution in [1.29, 1.82) is 0 Å². The fourth-order valence-electron chi connectivity index (χ4n) is 1.98. The number of allylic oxidation sites excluding steroid dienone is 2. The number of benzene rings is 1. The molecular formula is C20H32O3SSi. The Hall–Kier alpha value is -1.33. The lowest BCUT2D eigenvalue weighted by atomic mass is 10.2. The number of aryl methyl sites for hydroxylation is 1. The van der Waals surface area contributed by atoms with Gasteiger partial charge in [-0.25, -0.2) is 8.42 Å². The average molecular weight is 381 g/mol. The molecule has 1 aromatic carbocycles. The maximum Gasteiger partial charge on any atom is 0.250 e. The monoisotopic (exact) mass is 380 g/mol. The van der Waals surface area contributed by atoms with Crippen LogP contribution in [0.15, 0.2) is 53.7 Å². The molecule has 0 saturated carbocycles. The first-order valence-electron chi connectivity index (χ1n) is 8.69. The van der Waals surface area contributed by atoms with Crippen molar-refractivity contribution in [2.24, 2.45) is 0 Å². The minimum absolute atomic E-state index is 0.131. The van der Waals surface area contributed by atoms with Crippen LogP contribution in [-0.4, -0.2) is 22.5 Å².